The molecule has 2 aliphatic rings. The molecule has 134 valence electrons. The van der Waals surface area contributed by atoms with Gasteiger partial charge in [-0.05, 0) is 58.4 Å². The number of aliphatic hydroxyl groups excluding tert-OH is 1. The van der Waals surface area contributed by atoms with Crippen LogP contribution in [0, 0.1) is 5.92 Å². The van der Waals surface area contributed by atoms with Crippen LogP contribution in [-0.2, 0) is 4.74 Å². The molecule has 1 aliphatic carbocycles. The first-order chi connectivity index (χ1) is 11.3. The fourth-order valence-corrected chi connectivity index (χ4v) is 2.99. The van der Waals surface area contributed by atoms with E-state index in [0.717, 1.165) is 6.42 Å². The third-order valence-electron chi connectivity index (χ3n) is 4.30. The fraction of sp³-hybridized carbons (Fsp3) is 0.632. The Labute approximate surface area is 143 Å². The zero-order valence-corrected chi connectivity index (χ0v) is 14.8. The number of halogens is 1. The van der Waals surface area contributed by atoms with E-state index in [2.05, 4.69) is 0 Å². The third kappa shape index (κ3) is 5.20. The van der Waals surface area contributed by atoms with E-state index in [9.17, 15) is 14.3 Å². The summed E-state index contributed by atoms with van der Waals surface area (Å²) in [6, 6.07) is 0. The highest BCUT2D eigenvalue weighted by molar-refractivity contribution is 5.68. The van der Waals surface area contributed by atoms with Gasteiger partial charge in [0.1, 0.15) is 11.4 Å². The van der Waals surface area contributed by atoms with Crippen molar-refractivity contribution in [2.75, 3.05) is 13.1 Å². The monoisotopic (exact) mass is 337 g/mol. The molecule has 0 radical (unpaired) electrons. The zero-order valence-electron chi connectivity index (χ0n) is 14.8. The van der Waals surface area contributed by atoms with Crippen LogP contribution in [0.15, 0.2) is 35.7 Å². The van der Waals surface area contributed by atoms with Crippen molar-refractivity contribution in [3.63, 3.8) is 0 Å². The molecule has 1 N–H and O–H groups in total. The molecule has 0 aromatic carbocycles. The van der Waals surface area contributed by atoms with Crippen LogP contribution in [0.2, 0.25) is 0 Å². The Bertz CT molecular complexity index is 537. The number of hydrogen-bond donors (Lipinski definition) is 1. The summed E-state index contributed by atoms with van der Waals surface area (Å²) in [6.45, 7) is 6.55. The number of amides is 1. The molecule has 0 bridgehead atoms. The summed E-state index contributed by atoms with van der Waals surface area (Å²) in [5, 5.41) is 10.6. The molecule has 0 aromatic heterocycles. The van der Waals surface area contributed by atoms with Crippen molar-refractivity contribution in [1.82, 2.24) is 4.90 Å². The van der Waals surface area contributed by atoms with E-state index in [1.165, 1.54) is 6.08 Å². The lowest BCUT2D eigenvalue weighted by atomic mass is 9.86. The van der Waals surface area contributed by atoms with E-state index in [-0.39, 0.29) is 17.8 Å². The Morgan fingerprint density at radius 1 is 1.33 bits per heavy atom. The van der Waals surface area contributed by atoms with Crippen LogP contribution in [0.5, 0.6) is 0 Å². The van der Waals surface area contributed by atoms with Gasteiger partial charge in [-0.3, -0.25) is 0 Å². The summed E-state index contributed by atoms with van der Waals surface area (Å²) >= 11 is 0. The molecule has 4 nitrogen and oxygen atoms in total. The highest BCUT2D eigenvalue weighted by Crippen LogP contribution is 2.30. The lowest BCUT2D eigenvalue weighted by molar-refractivity contribution is 0.0114. The van der Waals surface area contributed by atoms with Crippen LogP contribution in [0.4, 0.5) is 9.18 Å². The average Bonchev–Trinajstić information content (AvgIpc) is 2.49. The SMILES string of the molecule is CC(C)(C)OC(=O)N1CCC(C(O)C2=CC=CCCC=C2F)CC1. The van der Waals surface area contributed by atoms with Crippen LogP contribution >= 0.6 is 0 Å². The van der Waals surface area contributed by atoms with Gasteiger partial charge in [0, 0.05) is 18.7 Å². The largest absolute Gasteiger partial charge is 0.444 e. The molecular weight excluding hydrogens is 309 g/mol. The van der Waals surface area contributed by atoms with Crippen molar-refractivity contribution in [3.8, 4) is 0 Å². The van der Waals surface area contributed by atoms with Crippen LogP contribution in [0.25, 0.3) is 0 Å². The number of piperidine rings is 1. The molecular formula is C19H28FNO3. The van der Waals surface area contributed by atoms with Gasteiger partial charge in [-0.25, -0.2) is 9.18 Å². The quantitative estimate of drug-likeness (QED) is 0.824. The minimum Gasteiger partial charge on any atom is -0.444 e. The Balaban J connectivity index is 1.95. The fourth-order valence-electron chi connectivity index (χ4n) is 2.99. The molecule has 1 unspecified atom stereocenters. The summed E-state index contributed by atoms with van der Waals surface area (Å²) < 4.78 is 19.6. The molecule has 1 aliphatic heterocycles. The Hall–Kier alpha value is -1.62. The Morgan fingerprint density at radius 3 is 2.62 bits per heavy atom. The Kier molecular flexibility index (Phi) is 6.21. The van der Waals surface area contributed by atoms with Gasteiger partial charge in [-0.15, -0.1) is 0 Å². The highest BCUT2D eigenvalue weighted by atomic mass is 19.1. The van der Waals surface area contributed by atoms with Gasteiger partial charge in [-0.2, -0.15) is 0 Å². The molecule has 0 saturated carbocycles. The van der Waals surface area contributed by atoms with Gasteiger partial charge in [0.05, 0.1) is 6.10 Å². The minimum atomic E-state index is -0.843. The second-order valence-corrected chi connectivity index (χ2v) is 7.43. The summed E-state index contributed by atoms with van der Waals surface area (Å²) in [4.78, 5) is 13.7. The molecule has 1 atom stereocenters. The van der Waals surface area contributed by atoms with Crippen molar-refractivity contribution >= 4 is 6.09 Å². The van der Waals surface area contributed by atoms with Crippen LogP contribution in [0.1, 0.15) is 46.5 Å². The van der Waals surface area contributed by atoms with Crippen LogP contribution in [-0.4, -0.2) is 40.9 Å². The zero-order chi connectivity index (χ0) is 17.7. The van der Waals surface area contributed by atoms with E-state index in [1.807, 2.05) is 26.8 Å². The second kappa shape index (κ2) is 7.97. The number of allylic oxidation sites excluding steroid dienone is 4. The van der Waals surface area contributed by atoms with Crippen molar-refractivity contribution in [2.45, 2.75) is 58.2 Å². The van der Waals surface area contributed by atoms with E-state index in [1.54, 1.807) is 17.1 Å². The molecule has 24 heavy (non-hydrogen) atoms. The van der Waals surface area contributed by atoms with E-state index in [0.29, 0.717) is 37.9 Å². The van der Waals surface area contributed by atoms with Crippen molar-refractivity contribution in [2.24, 2.45) is 5.92 Å². The maximum absolute atomic E-state index is 14.2. The standard InChI is InChI=1S/C19H28FNO3/c1-19(2,3)24-18(23)21-12-10-14(11-13-21)17(22)15-8-6-4-5-7-9-16(15)20/h4,6,8-9,14,17,22H,5,7,10-13H2,1-3H3. The molecule has 1 saturated heterocycles. The van der Waals surface area contributed by atoms with Crippen molar-refractivity contribution in [3.05, 3.63) is 35.7 Å². The number of carbonyl (C=O) groups is 1. The maximum Gasteiger partial charge on any atom is 0.410 e. The first-order valence-electron chi connectivity index (χ1n) is 8.66. The second-order valence-electron chi connectivity index (χ2n) is 7.43. The molecule has 1 heterocycles. The molecule has 0 spiro atoms. The third-order valence-corrected chi connectivity index (χ3v) is 4.30. The molecule has 1 amide bonds. The Morgan fingerprint density at radius 2 is 2.00 bits per heavy atom. The average molecular weight is 337 g/mol. The minimum absolute atomic E-state index is 0.0538. The number of ether oxygens (including phenoxy) is 1. The first-order valence-corrected chi connectivity index (χ1v) is 8.66. The van der Waals surface area contributed by atoms with E-state index < -0.39 is 11.7 Å². The normalized spacial score (nSPS) is 21.5. The number of likely N-dealkylation sites (tertiary alicyclic amines) is 1. The van der Waals surface area contributed by atoms with Crippen LogP contribution < -0.4 is 0 Å². The van der Waals surface area contributed by atoms with E-state index in [4.69, 9.17) is 4.74 Å². The highest BCUT2D eigenvalue weighted by Gasteiger charge is 2.32. The van der Waals surface area contributed by atoms with Gasteiger partial charge in [-0.1, -0.05) is 18.2 Å². The lowest BCUT2D eigenvalue weighted by Crippen LogP contribution is -2.44. The summed E-state index contributed by atoms with van der Waals surface area (Å²) in [5.74, 6) is -0.386. The van der Waals surface area contributed by atoms with Crippen molar-refractivity contribution < 1.29 is 19.0 Å². The smallest absolute Gasteiger partial charge is 0.410 e. The summed E-state index contributed by atoms with van der Waals surface area (Å²) in [5.41, 5.74) is -0.168. The van der Waals surface area contributed by atoms with Crippen LogP contribution in [0.3, 0.4) is 0 Å². The predicted molar refractivity (Wildman–Crippen MR) is 92.2 cm³/mol. The van der Waals surface area contributed by atoms with E-state index >= 15 is 0 Å². The topological polar surface area (TPSA) is 49.8 Å². The number of nitrogens with zero attached hydrogens (tertiary/aromatic N) is 1. The van der Waals surface area contributed by atoms with Gasteiger partial charge >= 0.3 is 6.09 Å². The molecule has 0 aromatic rings. The summed E-state index contributed by atoms with van der Waals surface area (Å²) in [7, 11) is 0. The first kappa shape index (κ1) is 18.7. The number of aliphatic hydroxyl groups is 1. The summed E-state index contributed by atoms with van der Waals surface area (Å²) in [6.07, 6.45) is 8.53. The number of carbonyl (C=O) groups excluding carboxylic acids is 1. The van der Waals surface area contributed by atoms with Gasteiger partial charge in [0.15, 0.2) is 0 Å². The molecule has 5 heteroatoms. The van der Waals surface area contributed by atoms with Gasteiger partial charge in [0.2, 0.25) is 0 Å². The molecule has 1 fully saturated rings. The molecule has 2 rings (SSSR count). The van der Waals surface area contributed by atoms with Gasteiger partial charge < -0.3 is 14.7 Å². The predicted octanol–water partition coefficient (Wildman–Crippen LogP) is 4.12. The van der Waals surface area contributed by atoms with Crippen molar-refractivity contribution in [1.29, 1.82) is 0 Å². The number of hydrogen-bond acceptors (Lipinski definition) is 3. The maximum atomic E-state index is 14.2. The number of rotatable bonds is 2. The lowest BCUT2D eigenvalue weighted by Gasteiger charge is -2.35. The van der Waals surface area contributed by atoms with Gasteiger partial charge in [0.25, 0.3) is 0 Å².